The lowest BCUT2D eigenvalue weighted by molar-refractivity contribution is -0.150. The Morgan fingerprint density at radius 3 is 1.32 bits per heavy atom. The highest BCUT2D eigenvalue weighted by atomic mass is 16.5. The van der Waals surface area contributed by atoms with Crippen LogP contribution in [0.15, 0.2) is 9.59 Å². The van der Waals surface area contributed by atoms with Gasteiger partial charge in [0, 0.05) is 26.4 Å². The number of nitrogens with zero attached hydrogens (tertiary/aromatic N) is 1. The highest BCUT2D eigenvalue weighted by molar-refractivity contribution is 5.73. The number of anilines is 2. The minimum atomic E-state index is -0.448. The van der Waals surface area contributed by atoms with Crippen LogP contribution in [-0.2, 0) is 19.1 Å². The monoisotopic (exact) mass is 832 g/mol. The molecule has 0 radical (unpaired) electrons. The molecular weight excluding hydrogens is 739 g/mol. The van der Waals surface area contributed by atoms with Crippen LogP contribution in [0.2, 0.25) is 0 Å². The molecule has 0 fully saturated rings. The van der Waals surface area contributed by atoms with Gasteiger partial charge in [-0.3, -0.25) is 19.2 Å². The van der Waals surface area contributed by atoms with Gasteiger partial charge in [0.05, 0.1) is 0 Å². The Bertz CT molecular complexity index is 1200. The van der Waals surface area contributed by atoms with E-state index in [0.29, 0.717) is 30.8 Å². The number of ether oxygens (including phenoxy) is 2. The predicted octanol–water partition coefficient (Wildman–Crippen LogP) is 12.8. The first kappa shape index (κ1) is 54.6. The van der Waals surface area contributed by atoms with Crippen molar-refractivity contribution in [3.05, 3.63) is 20.4 Å². The number of hydrogen-bond donors (Lipinski definition) is 2. The second-order valence-corrected chi connectivity index (χ2v) is 17.4. The Kier molecular flexibility index (Phi) is 35.6. The Hall–Kier alpha value is -2.42. The molecular formula is C50H93N3O6. The van der Waals surface area contributed by atoms with Gasteiger partial charge in [-0.2, -0.15) is 0 Å². The number of carbonyl (C=O) groups excluding carboxylic acids is 2. The lowest BCUT2D eigenvalue weighted by Gasteiger charge is -2.23. The molecule has 59 heavy (non-hydrogen) atoms. The zero-order valence-electron chi connectivity index (χ0n) is 39.2. The summed E-state index contributed by atoms with van der Waals surface area (Å²) in [6.07, 6.45) is 36.7. The van der Waals surface area contributed by atoms with E-state index in [1.165, 1.54) is 96.3 Å². The summed E-state index contributed by atoms with van der Waals surface area (Å²) in [5.41, 5.74) is -0.0980. The Labute approximate surface area is 362 Å². The van der Waals surface area contributed by atoms with Crippen LogP contribution < -0.4 is 21.5 Å². The van der Waals surface area contributed by atoms with Crippen LogP contribution in [0, 0.1) is 0 Å². The molecule has 0 amide bonds. The van der Waals surface area contributed by atoms with Crippen molar-refractivity contribution in [3.8, 4) is 0 Å². The van der Waals surface area contributed by atoms with E-state index in [-0.39, 0.29) is 24.1 Å². The van der Waals surface area contributed by atoms with Crippen molar-refractivity contribution in [3.63, 3.8) is 0 Å². The van der Waals surface area contributed by atoms with Crippen LogP contribution in [0.25, 0.3) is 0 Å². The molecule has 0 aliphatic heterocycles. The fourth-order valence-corrected chi connectivity index (χ4v) is 8.12. The molecule has 1 rings (SSSR count). The largest absolute Gasteiger partial charge is 0.462 e. The maximum Gasteiger partial charge on any atom is 0.306 e. The molecule has 0 saturated carbocycles. The van der Waals surface area contributed by atoms with Crippen molar-refractivity contribution in [2.24, 2.45) is 0 Å². The SMILES string of the molecule is CCCCCCCCC(CC)OC(=O)CCCCCN(CCCCCCCC(=O)OC(CCCCCCCC)CCCCCCCC)CCCNc1c(NC)c(=O)c1=O. The molecule has 0 aliphatic rings. The fraction of sp³-hybridized carbons (Fsp3) is 0.880. The van der Waals surface area contributed by atoms with Gasteiger partial charge in [-0.15, -0.1) is 0 Å². The van der Waals surface area contributed by atoms with Crippen molar-refractivity contribution in [2.45, 2.75) is 252 Å². The van der Waals surface area contributed by atoms with E-state index >= 15 is 0 Å². The van der Waals surface area contributed by atoms with Gasteiger partial charge in [-0.05, 0) is 96.7 Å². The minimum absolute atomic E-state index is 0.0103. The lowest BCUT2D eigenvalue weighted by Crippen LogP contribution is -2.37. The van der Waals surface area contributed by atoms with Crippen LogP contribution in [0.3, 0.4) is 0 Å². The molecule has 2 N–H and O–H groups in total. The third kappa shape index (κ3) is 28.7. The molecule has 0 bridgehead atoms. The molecule has 9 heteroatoms. The third-order valence-electron chi connectivity index (χ3n) is 12.0. The number of unbranched alkanes of at least 4 members (excludes halogenated alkanes) is 21. The van der Waals surface area contributed by atoms with Gasteiger partial charge in [-0.25, -0.2) is 0 Å². The van der Waals surface area contributed by atoms with Gasteiger partial charge in [0.15, 0.2) is 0 Å². The first-order chi connectivity index (χ1) is 28.8. The van der Waals surface area contributed by atoms with E-state index in [2.05, 4.69) is 43.2 Å². The van der Waals surface area contributed by atoms with Crippen LogP contribution in [0.1, 0.15) is 240 Å². The van der Waals surface area contributed by atoms with E-state index in [1.807, 2.05) is 0 Å². The van der Waals surface area contributed by atoms with Crippen molar-refractivity contribution in [1.29, 1.82) is 0 Å². The average Bonchev–Trinajstić information content (AvgIpc) is 3.23. The molecule has 0 aliphatic carbocycles. The maximum atomic E-state index is 12.9. The highest BCUT2D eigenvalue weighted by Crippen LogP contribution is 2.19. The van der Waals surface area contributed by atoms with Gasteiger partial charge in [0.25, 0.3) is 10.9 Å². The molecule has 344 valence electrons. The van der Waals surface area contributed by atoms with Gasteiger partial charge in [-0.1, -0.05) is 150 Å². The van der Waals surface area contributed by atoms with Gasteiger partial charge in [0.1, 0.15) is 23.6 Å². The van der Waals surface area contributed by atoms with Crippen LogP contribution in [0.4, 0.5) is 11.4 Å². The molecule has 1 atom stereocenters. The summed E-state index contributed by atoms with van der Waals surface area (Å²) in [5, 5.41) is 6.00. The number of hydrogen-bond acceptors (Lipinski definition) is 9. The summed E-state index contributed by atoms with van der Waals surface area (Å²) >= 11 is 0. The van der Waals surface area contributed by atoms with Gasteiger partial charge >= 0.3 is 11.9 Å². The van der Waals surface area contributed by atoms with E-state index in [9.17, 15) is 19.2 Å². The summed E-state index contributed by atoms with van der Waals surface area (Å²) in [6, 6.07) is 0. The van der Waals surface area contributed by atoms with E-state index in [0.717, 1.165) is 122 Å². The molecule has 1 aromatic carbocycles. The molecule has 0 aromatic heterocycles. The molecule has 0 heterocycles. The normalized spacial score (nSPS) is 12.1. The summed E-state index contributed by atoms with van der Waals surface area (Å²) in [7, 11) is 1.67. The van der Waals surface area contributed by atoms with E-state index in [4.69, 9.17) is 9.47 Å². The Morgan fingerprint density at radius 1 is 0.475 bits per heavy atom. The number of esters is 2. The van der Waals surface area contributed by atoms with Crippen LogP contribution in [0.5, 0.6) is 0 Å². The van der Waals surface area contributed by atoms with Crippen molar-refractivity contribution < 1.29 is 19.1 Å². The third-order valence-corrected chi connectivity index (χ3v) is 12.0. The topological polar surface area (TPSA) is 114 Å². The highest BCUT2D eigenvalue weighted by Gasteiger charge is 2.19. The first-order valence-corrected chi connectivity index (χ1v) is 25.2. The molecule has 1 unspecified atom stereocenters. The van der Waals surface area contributed by atoms with Crippen LogP contribution in [-0.4, -0.2) is 62.3 Å². The zero-order valence-corrected chi connectivity index (χ0v) is 39.2. The Balaban J connectivity index is 2.44. The Morgan fingerprint density at radius 2 is 0.847 bits per heavy atom. The van der Waals surface area contributed by atoms with Gasteiger partial charge in [0.2, 0.25) is 0 Å². The fourth-order valence-electron chi connectivity index (χ4n) is 8.12. The zero-order chi connectivity index (χ0) is 43.2. The lowest BCUT2D eigenvalue weighted by atomic mass is 10.0. The number of rotatable bonds is 44. The predicted molar refractivity (Wildman–Crippen MR) is 251 cm³/mol. The minimum Gasteiger partial charge on any atom is -0.462 e. The van der Waals surface area contributed by atoms with Crippen molar-refractivity contribution >= 4 is 23.3 Å². The van der Waals surface area contributed by atoms with E-state index in [1.54, 1.807) is 7.05 Å². The average molecular weight is 832 g/mol. The summed E-state index contributed by atoms with van der Waals surface area (Å²) in [6.45, 7) is 12.4. The molecule has 0 spiro atoms. The van der Waals surface area contributed by atoms with E-state index < -0.39 is 10.9 Å². The number of nitrogens with one attached hydrogen (secondary N) is 2. The summed E-state index contributed by atoms with van der Waals surface area (Å²) in [4.78, 5) is 51.7. The van der Waals surface area contributed by atoms with Crippen LogP contribution >= 0.6 is 0 Å². The second kappa shape index (κ2) is 38.5. The summed E-state index contributed by atoms with van der Waals surface area (Å²) < 4.78 is 11.9. The van der Waals surface area contributed by atoms with Gasteiger partial charge < -0.3 is 25.0 Å². The molecule has 0 saturated heterocycles. The second-order valence-electron chi connectivity index (χ2n) is 17.4. The smallest absolute Gasteiger partial charge is 0.306 e. The van der Waals surface area contributed by atoms with Crippen molar-refractivity contribution in [1.82, 2.24) is 4.90 Å². The molecule has 1 aromatic rings. The standard InChI is InChI=1S/C50H93N3O6/c1-6-10-13-16-20-26-34-43(9-4)58-45(54)38-30-25-32-41-53(42-33-39-52-48-47(51-5)49(56)50(48)57)40-31-24-19-23-29-37-46(55)59-44(35-27-21-17-14-11-7-2)36-28-22-18-15-12-8-3/h43-44,51-52H,6-42H2,1-5H3. The first-order valence-electron chi connectivity index (χ1n) is 25.2. The number of carbonyl (C=O) groups is 2. The molecule has 9 nitrogen and oxygen atoms in total. The maximum absolute atomic E-state index is 12.9. The summed E-state index contributed by atoms with van der Waals surface area (Å²) in [5.74, 6) is -0.0663. The quantitative estimate of drug-likeness (QED) is 0.0377. The van der Waals surface area contributed by atoms with Crippen molar-refractivity contribution in [2.75, 3.05) is 43.9 Å².